The Bertz CT molecular complexity index is 497. The Hall–Kier alpha value is -1.95. The number of rotatable bonds is 4. The molecule has 0 aliphatic rings. The van der Waals surface area contributed by atoms with Crippen LogP contribution < -0.4 is 10.6 Å². The highest BCUT2D eigenvalue weighted by atomic mass is 32.1. The van der Waals surface area contributed by atoms with Crippen molar-refractivity contribution in [2.45, 2.75) is 6.92 Å². The lowest BCUT2D eigenvalue weighted by Crippen LogP contribution is -2.21. The third-order valence-electron chi connectivity index (χ3n) is 2.00. The highest BCUT2D eigenvalue weighted by Crippen LogP contribution is 2.10. The van der Waals surface area contributed by atoms with Gasteiger partial charge in [0.15, 0.2) is 0 Å². The van der Waals surface area contributed by atoms with Crippen molar-refractivity contribution >= 4 is 28.3 Å². The van der Waals surface area contributed by atoms with Gasteiger partial charge < -0.3 is 5.32 Å². The predicted octanol–water partition coefficient (Wildman–Crippen LogP) is 1.90. The zero-order valence-corrected chi connectivity index (χ0v) is 10.1. The van der Waals surface area contributed by atoms with Gasteiger partial charge in [-0.3, -0.25) is 10.1 Å². The summed E-state index contributed by atoms with van der Waals surface area (Å²) >= 11 is 1.18. The van der Waals surface area contributed by atoms with E-state index in [-0.39, 0.29) is 12.5 Å². The first-order valence-electron chi connectivity index (χ1n) is 5.13. The molecular weight excluding hydrogens is 236 g/mol. The fourth-order valence-corrected chi connectivity index (χ4v) is 1.84. The van der Waals surface area contributed by atoms with Crippen molar-refractivity contribution in [3.05, 3.63) is 36.2 Å². The minimum atomic E-state index is -0.134. The van der Waals surface area contributed by atoms with Crippen LogP contribution in [0.3, 0.4) is 0 Å². The molecule has 5 nitrogen and oxygen atoms in total. The Morgan fingerprint density at radius 1 is 1.35 bits per heavy atom. The smallest absolute Gasteiger partial charge is 0.245 e. The summed E-state index contributed by atoms with van der Waals surface area (Å²) < 4.78 is 3.98. The van der Waals surface area contributed by atoms with Crippen LogP contribution in [-0.2, 0) is 4.79 Å². The molecule has 0 saturated heterocycles. The van der Waals surface area contributed by atoms with Crippen LogP contribution >= 0.6 is 11.5 Å². The standard InChI is InChI=1S/C11H12N4OS/c1-8-13-11(17-15-8)14-10(16)7-12-9-5-3-2-4-6-9/h2-6,12H,7H2,1H3,(H,13,14,15,16). The van der Waals surface area contributed by atoms with Crippen LogP contribution in [0.4, 0.5) is 10.8 Å². The average molecular weight is 248 g/mol. The first-order chi connectivity index (χ1) is 8.24. The van der Waals surface area contributed by atoms with Gasteiger partial charge in [-0.15, -0.1) is 0 Å². The molecular formula is C11H12N4OS. The van der Waals surface area contributed by atoms with E-state index in [9.17, 15) is 4.79 Å². The number of hydrogen-bond acceptors (Lipinski definition) is 5. The molecule has 2 rings (SSSR count). The minimum Gasteiger partial charge on any atom is -0.376 e. The van der Waals surface area contributed by atoms with Crippen LogP contribution in [0.5, 0.6) is 0 Å². The summed E-state index contributed by atoms with van der Waals surface area (Å²) in [4.78, 5) is 15.6. The summed E-state index contributed by atoms with van der Waals surface area (Å²) in [5.74, 6) is 0.534. The average Bonchev–Trinajstić information content (AvgIpc) is 2.73. The van der Waals surface area contributed by atoms with E-state index in [4.69, 9.17) is 0 Å². The number of nitrogens with zero attached hydrogens (tertiary/aromatic N) is 2. The summed E-state index contributed by atoms with van der Waals surface area (Å²) in [6.07, 6.45) is 0. The van der Waals surface area contributed by atoms with Crippen molar-refractivity contribution in [2.24, 2.45) is 0 Å². The lowest BCUT2D eigenvalue weighted by atomic mass is 10.3. The molecule has 88 valence electrons. The minimum absolute atomic E-state index is 0.134. The zero-order valence-electron chi connectivity index (χ0n) is 9.30. The Kier molecular flexibility index (Phi) is 3.66. The van der Waals surface area contributed by atoms with Gasteiger partial charge in [-0.05, 0) is 19.1 Å². The molecule has 0 saturated carbocycles. The molecule has 6 heteroatoms. The number of para-hydroxylation sites is 1. The molecule has 1 amide bonds. The summed E-state index contributed by atoms with van der Waals surface area (Å²) in [5.41, 5.74) is 0.913. The van der Waals surface area contributed by atoms with Crippen LogP contribution in [0.2, 0.25) is 0 Å². The fraction of sp³-hybridized carbons (Fsp3) is 0.182. The van der Waals surface area contributed by atoms with E-state index in [2.05, 4.69) is 20.0 Å². The quantitative estimate of drug-likeness (QED) is 0.867. The molecule has 0 radical (unpaired) electrons. The number of nitrogens with one attached hydrogen (secondary N) is 2. The Balaban J connectivity index is 1.82. The van der Waals surface area contributed by atoms with Crippen LogP contribution in [0.25, 0.3) is 0 Å². The van der Waals surface area contributed by atoms with Gasteiger partial charge in [0.25, 0.3) is 0 Å². The molecule has 0 fully saturated rings. The monoisotopic (exact) mass is 248 g/mol. The number of aromatic nitrogens is 2. The molecule has 2 N–H and O–H groups in total. The molecule has 0 unspecified atom stereocenters. The summed E-state index contributed by atoms with van der Waals surface area (Å²) in [7, 11) is 0. The summed E-state index contributed by atoms with van der Waals surface area (Å²) in [6, 6.07) is 9.56. The maximum absolute atomic E-state index is 11.6. The maximum Gasteiger partial charge on any atom is 0.245 e. The van der Waals surface area contributed by atoms with Crippen molar-refractivity contribution in [3.63, 3.8) is 0 Å². The van der Waals surface area contributed by atoms with Gasteiger partial charge in [0.1, 0.15) is 5.82 Å². The van der Waals surface area contributed by atoms with Crippen LogP contribution in [-0.4, -0.2) is 21.8 Å². The summed E-state index contributed by atoms with van der Waals surface area (Å²) in [5, 5.41) is 6.22. The highest BCUT2D eigenvalue weighted by molar-refractivity contribution is 7.09. The Morgan fingerprint density at radius 2 is 2.12 bits per heavy atom. The zero-order chi connectivity index (χ0) is 12.1. The van der Waals surface area contributed by atoms with E-state index >= 15 is 0 Å². The van der Waals surface area contributed by atoms with Crippen LogP contribution in [0.1, 0.15) is 5.82 Å². The molecule has 0 atom stereocenters. The number of aryl methyl sites for hydroxylation is 1. The second-order valence-corrected chi connectivity index (χ2v) is 4.17. The van der Waals surface area contributed by atoms with Crippen LogP contribution in [0, 0.1) is 6.92 Å². The largest absolute Gasteiger partial charge is 0.376 e. The third kappa shape index (κ3) is 3.53. The Morgan fingerprint density at radius 3 is 2.76 bits per heavy atom. The molecule has 0 bridgehead atoms. The third-order valence-corrected chi connectivity index (χ3v) is 2.72. The highest BCUT2D eigenvalue weighted by Gasteiger charge is 2.05. The molecule has 0 aliphatic heterocycles. The summed E-state index contributed by atoms with van der Waals surface area (Å²) in [6.45, 7) is 2.00. The van der Waals surface area contributed by atoms with E-state index in [0.717, 1.165) is 5.69 Å². The van der Waals surface area contributed by atoms with Gasteiger partial charge >= 0.3 is 0 Å². The van der Waals surface area contributed by atoms with Crippen molar-refractivity contribution < 1.29 is 4.79 Å². The van der Waals surface area contributed by atoms with Crippen molar-refractivity contribution in [2.75, 3.05) is 17.2 Å². The number of hydrogen-bond donors (Lipinski definition) is 2. The first-order valence-corrected chi connectivity index (χ1v) is 5.90. The second kappa shape index (κ2) is 5.40. The number of benzene rings is 1. The molecule has 1 aromatic carbocycles. The maximum atomic E-state index is 11.6. The molecule has 0 aliphatic carbocycles. The van der Waals surface area contributed by atoms with E-state index in [1.165, 1.54) is 11.5 Å². The van der Waals surface area contributed by atoms with Crippen molar-refractivity contribution in [3.8, 4) is 0 Å². The van der Waals surface area contributed by atoms with Gasteiger partial charge in [0, 0.05) is 17.2 Å². The molecule has 1 aromatic heterocycles. The van der Waals surface area contributed by atoms with Gasteiger partial charge in [0.05, 0.1) is 6.54 Å². The van der Waals surface area contributed by atoms with Crippen molar-refractivity contribution in [1.82, 2.24) is 9.36 Å². The fourth-order valence-electron chi connectivity index (χ4n) is 1.25. The van der Waals surface area contributed by atoms with Gasteiger partial charge in [0.2, 0.25) is 11.0 Å². The van der Waals surface area contributed by atoms with E-state index < -0.39 is 0 Å². The molecule has 17 heavy (non-hydrogen) atoms. The van der Waals surface area contributed by atoms with E-state index in [1.54, 1.807) is 6.92 Å². The number of anilines is 2. The number of carbonyl (C=O) groups excluding carboxylic acids is 1. The van der Waals surface area contributed by atoms with Gasteiger partial charge in [-0.2, -0.15) is 4.37 Å². The lowest BCUT2D eigenvalue weighted by Gasteiger charge is -2.04. The topological polar surface area (TPSA) is 66.9 Å². The first kappa shape index (κ1) is 11.5. The van der Waals surface area contributed by atoms with E-state index in [0.29, 0.717) is 11.0 Å². The molecule has 2 aromatic rings. The lowest BCUT2D eigenvalue weighted by molar-refractivity contribution is -0.114. The SMILES string of the molecule is Cc1nsc(NC(=O)CNc2ccccc2)n1. The van der Waals surface area contributed by atoms with Gasteiger partial charge in [-0.1, -0.05) is 18.2 Å². The van der Waals surface area contributed by atoms with Crippen LogP contribution in [0.15, 0.2) is 30.3 Å². The van der Waals surface area contributed by atoms with Crippen molar-refractivity contribution in [1.29, 1.82) is 0 Å². The van der Waals surface area contributed by atoms with E-state index in [1.807, 2.05) is 30.3 Å². The number of carbonyl (C=O) groups is 1. The normalized spacial score (nSPS) is 9.94. The number of amides is 1. The van der Waals surface area contributed by atoms with Gasteiger partial charge in [-0.25, -0.2) is 4.98 Å². The second-order valence-electron chi connectivity index (χ2n) is 3.41. The molecule has 1 heterocycles. The Labute approximate surface area is 103 Å². The predicted molar refractivity (Wildman–Crippen MR) is 68.2 cm³/mol. The molecule has 0 spiro atoms.